The molecule has 0 saturated heterocycles. The third-order valence-electron chi connectivity index (χ3n) is 3.66. The van der Waals surface area contributed by atoms with Crippen molar-refractivity contribution >= 4 is 0 Å². The molecule has 21 heavy (non-hydrogen) atoms. The summed E-state index contributed by atoms with van der Waals surface area (Å²) in [4.78, 5) is 2.28. The van der Waals surface area contributed by atoms with Crippen LogP contribution in [0.4, 0.5) is 0 Å². The number of ether oxygens (including phenoxy) is 1. The lowest BCUT2D eigenvalue weighted by Gasteiger charge is -2.16. The molecule has 1 aliphatic rings. The van der Waals surface area contributed by atoms with E-state index in [0.717, 1.165) is 51.0 Å². The lowest BCUT2D eigenvalue weighted by molar-refractivity contribution is 0.102. The zero-order valence-electron chi connectivity index (χ0n) is 13.6. The van der Waals surface area contributed by atoms with Gasteiger partial charge in [0, 0.05) is 38.5 Å². The van der Waals surface area contributed by atoms with E-state index in [2.05, 4.69) is 41.4 Å². The van der Waals surface area contributed by atoms with Crippen LogP contribution in [0.15, 0.2) is 6.20 Å². The first-order valence-corrected chi connectivity index (χ1v) is 8.02. The SMILES string of the molecule is CC(C)NCc1cn(CCN(C)CCOCC2CC2)nn1. The Morgan fingerprint density at radius 2 is 2.24 bits per heavy atom. The van der Waals surface area contributed by atoms with E-state index >= 15 is 0 Å². The number of likely N-dealkylation sites (N-methyl/N-ethyl adjacent to an activating group) is 1. The quantitative estimate of drug-likeness (QED) is 0.620. The van der Waals surface area contributed by atoms with Crippen molar-refractivity contribution in [2.75, 3.05) is 33.4 Å². The summed E-state index contributed by atoms with van der Waals surface area (Å²) in [7, 11) is 2.12. The van der Waals surface area contributed by atoms with Crippen LogP contribution in [0.1, 0.15) is 32.4 Å². The summed E-state index contributed by atoms with van der Waals surface area (Å²) < 4.78 is 7.57. The van der Waals surface area contributed by atoms with Crippen LogP contribution in [0.25, 0.3) is 0 Å². The molecule has 120 valence electrons. The van der Waals surface area contributed by atoms with Crippen LogP contribution in [-0.4, -0.2) is 59.3 Å². The van der Waals surface area contributed by atoms with Crippen LogP contribution in [0.2, 0.25) is 0 Å². The summed E-state index contributed by atoms with van der Waals surface area (Å²) >= 11 is 0. The molecule has 0 bridgehead atoms. The number of hydrogen-bond acceptors (Lipinski definition) is 5. The molecule has 1 fully saturated rings. The third kappa shape index (κ3) is 7.02. The molecule has 6 heteroatoms. The number of nitrogens with one attached hydrogen (secondary N) is 1. The predicted octanol–water partition coefficient (Wildman–Crippen LogP) is 1.13. The Morgan fingerprint density at radius 3 is 2.95 bits per heavy atom. The van der Waals surface area contributed by atoms with Gasteiger partial charge < -0.3 is 15.0 Å². The van der Waals surface area contributed by atoms with Gasteiger partial charge in [-0.05, 0) is 25.8 Å². The number of rotatable bonds is 11. The van der Waals surface area contributed by atoms with E-state index in [1.54, 1.807) is 0 Å². The molecule has 0 amide bonds. The molecule has 1 aromatic rings. The van der Waals surface area contributed by atoms with E-state index < -0.39 is 0 Å². The molecular weight excluding hydrogens is 266 g/mol. The van der Waals surface area contributed by atoms with Crippen LogP contribution in [0.3, 0.4) is 0 Å². The maximum absolute atomic E-state index is 5.65. The highest BCUT2D eigenvalue weighted by Gasteiger charge is 2.20. The van der Waals surface area contributed by atoms with E-state index in [1.165, 1.54) is 12.8 Å². The van der Waals surface area contributed by atoms with Crippen molar-refractivity contribution in [2.24, 2.45) is 5.92 Å². The first-order chi connectivity index (χ1) is 10.1. The van der Waals surface area contributed by atoms with Crippen LogP contribution >= 0.6 is 0 Å². The zero-order chi connectivity index (χ0) is 15.1. The van der Waals surface area contributed by atoms with Gasteiger partial charge in [0.05, 0.1) is 18.8 Å². The summed E-state index contributed by atoms with van der Waals surface area (Å²) in [5.74, 6) is 0.850. The Labute approximate surface area is 127 Å². The highest BCUT2D eigenvalue weighted by atomic mass is 16.5. The Morgan fingerprint density at radius 1 is 1.43 bits per heavy atom. The van der Waals surface area contributed by atoms with Crippen molar-refractivity contribution in [3.8, 4) is 0 Å². The lowest BCUT2D eigenvalue weighted by atomic mass is 10.3. The second-order valence-electron chi connectivity index (χ2n) is 6.33. The molecule has 0 spiro atoms. The molecule has 0 atom stereocenters. The molecule has 1 N–H and O–H groups in total. The fourth-order valence-electron chi connectivity index (χ4n) is 1.98. The molecule has 2 rings (SSSR count). The van der Waals surface area contributed by atoms with E-state index in [0.29, 0.717) is 6.04 Å². The molecule has 1 aromatic heterocycles. The predicted molar refractivity (Wildman–Crippen MR) is 83.0 cm³/mol. The second-order valence-corrected chi connectivity index (χ2v) is 6.33. The molecule has 1 heterocycles. The molecule has 1 aliphatic carbocycles. The molecular formula is C15H29N5O. The van der Waals surface area contributed by atoms with E-state index in [9.17, 15) is 0 Å². The normalized spacial score (nSPS) is 15.3. The van der Waals surface area contributed by atoms with Crippen molar-refractivity contribution < 1.29 is 4.74 Å². The number of aromatic nitrogens is 3. The Kier molecular flexibility index (Phi) is 6.60. The maximum Gasteiger partial charge on any atom is 0.0964 e. The topological polar surface area (TPSA) is 55.2 Å². The standard InChI is InChI=1S/C15H29N5O/c1-13(2)16-10-15-11-20(18-17-15)7-6-19(3)8-9-21-12-14-4-5-14/h11,13-14,16H,4-10,12H2,1-3H3. The van der Waals surface area contributed by atoms with Gasteiger partial charge in [0.1, 0.15) is 0 Å². The third-order valence-corrected chi connectivity index (χ3v) is 3.66. The lowest BCUT2D eigenvalue weighted by Crippen LogP contribution is -2.27. The molecule has 6 nitrogen and oxygen atoms in total. The Bertz CT molecular complexity index is 403. The average molecular weight is 295 g/mol. The van der Waals surface area contributed by atoms with E-state index in [-0.39, 0.29) is 0 Å². The van der Waals surface area contributed by atoms with Gasteiger partial charge in [-0.2, -0.15) is 0 Å². The summed E-state index contributed by atoms with van der Waals surface area (Å²) in [6.07, 6.45) is 4.74. The summed E-state index contributed by atoms with van der Waals surface area (Å²) in [5, 5.41) is 11.7. The van der Waals surface area contributed by atoms with Crippen molar-refractivity contribution in [3.05, 3.63) is 11.9 Å². The van der Waals surface area contributed by atoms with Crippen molar-refractivity contribution in [3.63, 3.8) is 0 Å². The highest BCUT2D eigenvalue weighted by molar-refractivity contribution is 4.91. The molecule has 0 aromatic carbocycles. The Hall–Kier alpha value is -0.980. The van der Waals surface area contributed by atoms with Crippen LogP contribution < -0.4 is 5.32 Å². The first kappa shape index (κ1) is 16.4. The van der Waals surface area contributed by atoms with Gasteiger partial charge in [0.25, 0.3) is 0 Å². The summed E-state index contributed by atoms with van der Waals surface area (Å²) in [6.45, 7) is 9.62. The molecule has 0 aliphatic heterocycles. The Balaban J connectivity index is 1.55. The zero-order valence-corrected chi connectivity index (χ0v) is 13.6. The van der Waals surface area contributed by atoms with Crippen molar-refractivity contribution in [2.45, 2.75) is 45.8 Å². The van der Waals surface area contributed by atoms with Gasteiger partial charge in [-0.3, -0.25) is 4.68 Å². The van der Waals surface area contributed by atoms with E-state index in [1.807, 2.05) is 10.9 Å². The van der Waals surface area contributed by atoms with Crippen molar-refractivity contribution in [1.29, 1.82) is 0 Å². The van der Waals surface area contributed by atoms with Crippen LogP contribution in [0, 0.1) is 5.92 Å². The van der Waals surface area contributed by atoms with Gasteiger partial charge in [-0.25, -0.2) is 0 Å². The van der Waals surface area contributed by atoms with Crippen molar-refractivity contribution in [1.82, 2.24) is 25.2 Å². The smallest absolute Gasteiger partial charge is 0.0964 e. The van der Waals surface area contributed by atoms with E-state index in [4.69, 9.17) is 4.74 Å². The molecule has 0 radical (unpaired) electrons. The molecule has 0 unspecified atom stereocenters. The average Bonchev–Trinajstić information content (AvgIpc) is 3.16. The molecule has 1 saturated carbocycles. The monoisotopic (exact) mass is 295 g/mol. The maximum atomic E-state index is 5.65. The first-order valence-electron chi connectivity index (χ1n) is 8.02. The van der Waals surface area contributed by atoms with Crippen LogP contribution in [0.5, 0.6) is 0 Å². The number of nitrogens with zero attached hydrogens (tertiary/aromatic N) is 4. The summed E-state index contributed by atoms with van der Waals surface area (Å²) in [5.41, 5.74) is 0.999. The minimum absolute atomic E-state index is 0.469. The van der Waals surface area contributed by atoms with Gasteiger partial charge >= 0.3 is 0 Å². The highest BCUT2D eigenvalue weighted by Crippen LogP contribution is 2.28. The van der Waals surface area contributed by atoms with Gasteiger partial charge in [-0.15, -0.1) is 5.10 Å². The van der Waals surface area contributed by atoms with Gasteiger partial charge in [0.15, 0.2) is 0 Å². The second kappa shape index (κ2) is 8.46. The minimum Gasteiger partial charge on any atom is -0.380 e. The van der Waals surface area contributed by atoms with Gasteiger partial charge in [0.2, 0.25) is 0 Å². The largest absolute Gasteiger partial charge is 0.380 e. The summed E-state index contributed by atoms with van der Waals surface area (Å²) in [6, 6.07) is 0.469. The fraction of sp³-hybridized carbons (Fsp3) is 0.867. The fourth-order valence-corrected chi connectivity index (χ4v) is 1.98. The minimum atomic E-state index is 0.469. The number of hydrogen-bond donors (Lipinski definition) is 1. The van der Waals surface area contributed by atoms with Crippen LogP contribution in [-0.2, 0) is 17.8 Å². The van der Waals surface area contributed by atoms with Gasteiger partial charge in [-0.1, -0.05) is 19.1 Å².